The van der Waals surface area contributed by atoms with Crippen LogP contribution < -0.4 is 0 Å². The van der Waals surface area contributed by atoms with E-state index in [2.05, 4.69) is 47.6 Å². The Kier molecular flexibility index (Phi) is 3.80. The predicted octanol–water partition coefficient (Wildman–Crippen LogP) is 4.52. The molecule has 0 saturated heterocycles. The maximum Gasteiger partial charge on any atom is -0.0144 e. The molecule has 0 unspecified atom stereocenters. The van der Waals surface area contributed by atoms with E-state index in [1.807, 2.05) is 0 Å². The van der Waals surface area contributed by atoms with Crippen LogP contribution in [0.25, 0.3) is 0 Å². The first-order chi connectivity index (χ1) is 6.45. The molecule has 0 radical (unpaired) electrons. The van der Waals surface area contributed by atoms with Gasteiger partial charge in [-0.2, -0.15) is 0 Å². The Bertz CT molecular complexity index is 208. The second-order valence-corrected chi connectivity index (χ2v) is 5.77. The number of hydrogen-bond donors (Lipinski definition) is 0. The van der Waals surface area contributed by atoms with E-state index in [4.69, 9.17) is 0 Å². The Morgan fingerprint density at radius 2 is 1.57 bits per heavy atom. The lowest BCUT2D eigenvalue weighted by Crippen LogP contribution is -2.23. The lowest BCUT2D eigenvalue weighted by atomic mass is 9.74. The van der Waals surface area contributed by atoms with E-state index in [0.29, 0.717) is 0 Å². The van der Waals surface area contributed by atoms with Crippen molar-refractivity contribution < 1.29 is 0 Å². The van der Waals surface area contributed by atoms with E-state index in [9.17, 15) is 0 Å². The fourth-order valence-corrected chi connectivity index (χ4v) is 2.99. The van der Waals surface area contributed by atoms with E-state index in [0.717, 1.165) is 29.6 Å². The van der Waals surface area contributed by atoms with Crippen molar-refractivity contribution in [3.05, 3.63) is 11.6 Å². The molecule has 2 atom stereocenters. The molecule has 0 aliphatic heterocycles. The highest BCUT2D eigenvalue weighted by Crippen LogP contribution is 2.43. The van der Waals surface area contributed by atoms with Crippen molar-refractivity contribution in [2.75, 3.05) is 0 Å². The van der Waals surface area contributed by atoms with Gasteiger partial charge < -0.3 is 0 Å². The standard InChI is InChI=1S/C14H26/c1-9(2)12-7-8-13(10(3)4)14(12)11(5)6/h7,9-11,13-14H,8H2,1-6H3/t13-,14+/m0/s1. The van der Waals surface area contributed by atoms with Gasteiger partial charge >= 0.3 is 0 Å². The Hall–Kier alpha value is -0.260. The van der Waals surface area contributed by atoms with Crippen molar-refractivity contribution in [3.63, 3.8) is 0 Å². The van der Waals surface area contributed by atoms with Gasteiger partial charge in [0, 0.05) is 0 Å². The third-order valence-electron chi connectivity index (χ3n) is 3.71. The lowest BCUT2D eigenvalue weighted by molar-refractivity contribution is 0.243. The third-order valence-corrected chi connectivity index (χ3v) is 3.71. The average molecular weight is 194 g/mol. The van der Waals surface area contributed by atoms with E-state index < -0.39 is 0 Å². The molecule has 0 heterocycles. The minimum absolute atomic E-state index is 0.742. The molecule has 0 aromatic rings. The molecule has 1 aliphatic rings. The van der Waals surface area contributed by atoms with E-state index >= 15 is 0 Å². The zero-order chi connectivity index (χ0) is 10.9. The molecule has 0 amide bonds. The van der Waals surface area contributed by atoms with Crippen LogP contribution in [0.15, 0.2) is 11.6 Å². The van der Waals surface area contributed by atoms with Gasteiger partial charge in [-0.15, -0.1) is 0 Å². The third kappa shape index (κ3) is 2.21. The Morgan fingerprint density at radius 3 is 1.93 bits per heavy atom. The average Bonchev–Trinajstić information content (AvgIpc) is 2.46. The normalized spacial score (nSPS) is 27.9. The van der Waals surface area contributed by atoms with Crippen LogP contribution in [0.3, 0.4) is 0 Å². The fraction of sp³-hybridized carbons (Fsp3) is 0.857. The molecule has 0 aromatic heterocycles. The van der Waals surface area contributed by atoms with Gasteiger partial charge in [-0.05, 0) is 36.0 Å². The predicted molar refractivity (Wildman–Crippen MR) is 64.2 cm³/mol. The second-order valence-electron chi connectivity index (χ2n) is 5.77. The van der Waals surface area contributed by atoms with Gasteiger partial charge in [-0.25, -0.2) is 0 Å². The van der Waals surface area contributed by atoms with Crippen LogP contribution in [-0.2, 0) is 0 Å². The van der Waals surface area contributed by atoms with Crippen LogP contribution >= 0.6 is 0 Å². The van der Waals surface area contributed by atoms with Crippen LogP contribution in [0, 0.1) is 29.6 Å². The molecule has 0 N–H and O–H groups in total. The maximum atomic E-state index is 2.51. The molecule has 0 heteroatoms. The first kappa shape index (κ1) is 11.8. The van der Waals surface area contributed by atoms with Crippen LogP contribution in [0.4, 0.5) is 0 Å². The van der Waals surface area contributed by atoms with Crippen LogP contribution in [0.1, 0.15) is 48.0 Å². The van der Waals surface area contributed by atoms with Crippen molar-refractivity contribution in [3.8, 4) is 0 Å². The minimum atomic E-state index is 0.742. The maximum absolute atomic E-state index is 2.51. The molecular weight excluding hydrogens is 168 g/mol. The minimum Gasteiger partial charge on any atom is -0.0845 e. The summed E-state index contributed by atoms with van der Waals surface area (Å²) in [6.07, 6.45) is 3.83. The first-order valence-electron chi connectivity index (χ1n) is 6.15. The summed E-state index contributed by atoms with van der Waals surface area (Å²) in [5.41, 5.74) is 1.72. The van der Waals surface area contributed by atoms with Crippen molar-refractivity contribution in [1.82, 2.24) is 0 Å². The molecule has 14 heavy (non-hydrogen) atoms. The smallest absolute Gasteiger partial charge is 0.0144 e. The summed E-state index contributed by atoms with van der Waals surface area (Å²) in [7, 11) is 0. The van der Waals surface area contributed by atoms with Crippen molar-refractivity contribution in [2.45, 2.75) is 48.0 Å². The summed E-state index contributed by atoms with van der Waals surface area (Å²) in [4.78, 5) is 0. The SMILES string of the molecule is CC(C)C1=CC[C@@H](C(C)C)[C@@H]1C(C)C. The molecule has 1 rings (SSSR count). The number of allylic oxidation sites excluding steroid dienone is 2. The van der Waals surface area contributed by atoms with Gasteiger partial charge in [-0.1, -0.05) is 53.2 Å². The largest absolute Gasteiger partial charge is 0.0845 e. The van der Waals surface area contributed by atoms with Gasteiger partial charge in [0.25, 0.3) is 0 Å². The van der Waals surface area contributed by atoms with E-state index in [1.165, 1.54) is 6.42 Å². The summed E-state index contributed by atoms with van der Waals surface area (Å²) in [5, 5.41) is 0. The van der Waals surface area contributed by atoms with Gasteiger partial charge in [0.05, 0.1) is 0 Å². The van der Waals surface area contributed by atoms with Gasteiger partial charge in [0.15, 0.2) is 0 Å². The van der Waals surface area contributed by atoms with Gasteiger partial charge in [-0.3, -0.25) is 0 Å². The topological polar surface area (TPSA) is 0 Å². The van der Waals surface area contributed by atoms with Crippen molar-refractivity contribution >= 4 is 0 Å². The van der Waals surface area contributed by atoms with E-state index in [-0.39, 0.29) is 0 Å². The van der Waals surface area contributed by atoms with Gasteiger partial charge in [0.1, 0.15) is 0 Å². The van der Waals surface area contributed by atoms with Crippen LogP contribution in [0.5, 0.6) is 0 Å². The highest BCUT2D eigenvalue weighted by molar-refractivity contribution is 5.18. The zero-order valence-corrected chi connectivity index (χ0v) is 10.7. The molecule has 0 saturated carbocycles. The summed E-state index contributed by atoms with van der Waals surface area (Å²) in [6.45, 7) is 14.2. The summed E-state index contributed by atoms with van der Waals surface area (Å²) in [6, 6.07) is 0. The second kappa shape index (κ2) is 4.51. The Balaban J connectivity index is 2.81. The molecule has 0 fully saturated rings. The van der Waals surface area contributed by atoms with Crippen molar-refractivity contribution in [2.24, 2.45) is 29.6 Å². The van der Waals surface area contributed by atoms with Crippen molar-refractivity contribution in [1.29, 1.82) is 0 Å². The summed E-state index contributed by atoms with van der Waals surface area (Å²) >= 11 is 0. The molecule has 0 nitrogen and oxygen atoms in total. The van der Waals surface area contributed by atoms with Gasteiger partial charge in [0.2, 0.25) is 0 Å². The Labute approximate surface area is 89.8 Å². The molecule has 0 bridgehead atoms. The van der Waals surface area contributed by atoms with E-state index in [1.54, 1.807) is 5.57 Å². The molecule has 82 valence electrons. The monoisotopic (exact) mass is 194 g/mol. The summed E-state index contributed by atoms with van der Waals surface area (Å²) < 4.78 is 0. The van der Waals surface area contributed by atoms with Crippen LogP contribution in [0.2, 0.25) is 0 Å². The Morgan fingerprint density at radius 1 is 1.00 bits per heavy atom. The fourth-order valence-electron chi connectivity index (χ4n) is 2.99. The highest BCUT2D eigenvalue weighted by atomic mass is 14.4. The summed E-state index contributed by atoms with van der Waals surface area (Å²) in [5.74, 6) is 4.11. The zero-order valence-electron chi connectivity index (χ0n) is 10.7. The molecule has 1 aliphatic carbocycles. The molecule has 0 aromatic carbocycles. The highest BCUT2D eigenvalue weighted by Gasteiger charge is 2.34. The quantitative estimate of drug-likeness (QED) is 0.580. The molecular formula is C14H26. The number of hydrogen-bond acceptors (Lipinski definition) is 0. The number of rotatable bonds is 3. The lowest BCUT2D eigenvalue weighted by Gasteiger charge is -2.30. The van der Waals surface area contributed by atoms with Crippen LogP contribution in [-0.4, -0.2) is 0 Å². The first-order valence-corrected chi connectivity index (χ1v) is 6.15. The molecule has 0 spiro atoms.